The van der Waals surface area contributed by atoms with Gasteiger partial charge in [-0.2, -0.15) is 0 Å². The fraction of sp³-hybridized carbons (Fsp3) is 0.304. The van der Waals surface area contributed by atoms with Crippen LogP contribution in [0.5, 0.6) is 5.75 Å². The molecule has 4 rings (SSSR count). The summed E-state index contributed by atoms with van der Waals surface area (Å²) in [5, 5.41) is 2.71. The number of hydrogen-bond donors (Lipinski definition) is 1. The van der Waals surface area contributed by atoms with Crippen molar-refractivity contribution in [3.8, 4) is 5.75 Å². The number of anilines is 2. The smallest absolute Gasteiger partial charge is 0.267 e. The molecule has 0 aliphatic carbocycles. The molecule has 0 bridgehead atoms. The van der Waals surface area contributed by atoms with E-state index in [1.807, 2.05) is 6.92 Å². The molecule has 2 aromatic rings. The molecule has 8 heteroatoms. The number of hydrogen-bond acceptors (Lipinski definition) is 5. The van der Waals surface area contributed by atoms with Crippen LogP contribution in [0.2, 0.25) is 0 Å². The maximum absolute atomic E-state index is 12.6. The molecule has 2 aliphatic rings. The first-order valence-corrected chi connectivity index (χ1v) is 10.3. The number of amides is 4. The maximum Gasteiger partial charge on any atom is 0.267 e. The Hall–Kier alpha value is -3.68. The van der Waals surface area contributed by atoms with Crippen LogP contribution < -0.4 is 15.0 Å². The highest BCUT2D eigenvalue weighted by Crippen LogP contribution is 2.36. The number of benzene rings is 2. The van der Waals surface area contributed by atoms with E-state index >= 15 is 0 Å². The molecule has 0 aromatic heterocycles. The number of nitrogens with zero attached hydrogens (tertiary/aromatic N) is 2. The molecule has 31 heavy (non-hydrogen) atoms. The summed E-state index contributed by atoms with van der Waals surface area (Å²) in [7, 11) is 0. The van der Waals surface area contributed by atoms with Crippen LogP contribution >= 0.6 is 0 Å². The number of carbonyl (C=O) groups is 4. The molecule has 2 aromatic carbocycles. The summed E-state index contributed by atoms with van der Waals surface area (Å²) >= 11 is 0. The second-order valence-corrected chi connectivity index (χ2v) is 7.58. The largest absolute Gasteiger partial charge is 0.479 e. The van der Waals surface area contributed by atoms with Crippen LogP contribution in [0.3, 0.4) is 0 Å². The van der Waals surface area contributed by atoms with Crippen molar-refractivity contribution in [3.63, 3.8) is 0 Å². The van der Waals surface area contributed by atoms with Crippen molar-refractivity contribution >= 4 is 35.0 Å². The Morgan fingerprint density at radius 2 is 1.71 bits per heavy atom. The van der Waals surface area contributed by atoms with Crippen molar-refractivity contribution in [2.75, 3.05) is 23.3 Å². The summed E-state index contributed by atoms with van der Waals surface area (Å²) in [4.78, 5) is 52.7. The topological polar surface area (TPSA) is 96.0 Å². The quantitative estimate of drug-likeness (QED) is 0.724. The number of ether oxygens (including phenoxy) is 1. The molecule has 0 spiro atoms. The Bertz CT molecular complexity index is 1050. The summed E-state index contributed by atoms with van der Waals surface area (Å²) in [6.07, 6.45) is 1.21. The first-order chi connectivity index (χ1) is 14.9. The minimum absolute atomic E-state index is 0.129. The summed E-state index contributed by atoms with van der Waals surface area (Å²) in [6.45, 7) is 3.92. The van der Waals surface area contributed by atoms with Crippen LogP contribution in [-0.4, -0.2) is 47.7 Å². The van der Waals surface area contributed by atoms with Crippen molar-refractivity contribution in [2.24, 2.45) is 0 Å². The first-order valence-electron chi connectivity index (χ1n) is 10.3. The predicted octanol–water partition coefficient (Wildman–Crippen LogP) is 2.84. The van der Waals surface area contributed by atoms with E-state index in [0.29, 0.717) is 34.8 Å². The van der Waals surface area contributed by atoms with Gasteiger partial charge in [0.15, 0.2) is 6.10 Å². The highest BCUT2D eigenvalue weighted by atomic mass is 16.5. The SMILES string of the molecule is CCCCN1C(=O)C(C)Oc2ccc(NC(=O)CN3C(=O)c4ccccc4C3=O)cc21. The Kier molecular flexibility index (Phi) is 5.46. The number of carbonyl (C=O) groups excluding carboxylic acids is 4. The average Bonchev–Trinajstić information content (AvgIpc) is 2.99. The zero-order chi connectivity index (χ0) is 22.1. The van der Waals surface area contributed by atoms with Gasteiger partial charge in [0.2, 0.25) is 5.91 Å². The van der Waals surface area contributed by atoms with Crippen molar-refractivity contribution in [1.29, 1.82) is 0 Å². The van der Waals surface area contributed by atoms with Gasteiger partial charge in [-0.05, 0) is 43.7 Å². The van der Waals surface area contributed by atoms with Gasteiger partial charge in [0.05, 0.1) is 16.8 Å². The lowest BCUT2D eigenvalue weighted by molar-refractivity contribution is -0.125. The fourth-order valence-corrected chi connectivity index (χ4v) is 3.76. The predicted molar refractivity (Wildman–Crippen MR) is 114 cm³/mol. The Balaban J connectivity index is 1.50. The van der Waals surface area contributed by atoms with Crippen LogP contribution in [0.4, 0.5) is 11.4 Å². The van der Waals surface area contributed by atoms with Gasteiger partial charge in [0.25, 0.3) is 17.7 Å². The van der Waals surface area contributed by atoms with Gasteiger partial charge in [0.1, 0.15) is 12.3 Å². The average molecular weight is 421 g/mol. The van der Waals surface area contributed by atoms with Crippen LogP contribution in [0.1, 0.15) is 47.4 Å². The van der Waals surface area contributed by atoms with Crippen LogP contribution in [-0.2, 0) is 9.59 Å². The second kappa shape index (κ2) is 8.22. The van der Waals surface area contributed by atoms with Crippen LogP contribution in [0, 0.1) is 0 Å². The Morgan fingerprint density at radius 3 is 2.35 bits per heavy atom. The van der Waals surface area contributed by atoms with Gasteiger partial charge in [-0.25, -0.2) is 0 Å². The molecule has 0 fully saturated rings. The molecule has 0 saturated carbocycles. The van der Waals surface area contributed by atoms with Crippen LogP contribution in [0.25, 0.3) is 0 Å². The van der Waals surface area contributed by atoms with Gasteiger partial charge in [0, 0.05) is 12.2 Å². The normalized spacial score (nSPS) is 17.4. The molecule has 0 radical (unpaired) electrons. The van der Waals surface area contributed by atoms with Gasteiger partial charge >= 0.3 is 0 Å². The lowest BCUT2D eigenvalue weighted by Gasteiger charge is -2.33. The molecule has 1 unspecified atom stereocenters. The zero-order valence-electron chi connectivity index (χ0n) is 17.4. The standard InChI is InChI=1S/C23H23N3O5/c1-3-4-11-25-18-12-15(9-10-19(18)31-14(2)21(25)28)24-20(27)13-26-22(29)16-7-5-6-8-17(16)23(26)30/h5-10,12,14H,3-4,11,13H2,1-2H3,(H,24,27). The van der Waals surface area contributed by atoms with E-state index < -0.39 is 30.4 Å². The van der Waals surface area contributed by atoms with Crippen LogP contribution in [0.15, 0.2) is 42.5 Å². The van der Waals surface area contributed by atoms with Crippen molar-refractivity contribution in [1.82, 2.24) is 4.90 Å². The molecule has 4 amide bonds. The zero-order valence-corrected chi connectivity index (χ0v) is 17.4. The maximum atomic E-state index is 12.6. The third-order valence-corrected chi connectivity index (χ3v) is 5.37. The third kappa shape index (κ3) is 3.76. The molecule has 1 atom stereocenters. The molecule has 160 valence electrons. The number of unbranched alkanes of at least 4 members (excludes halogenated alkanes) is 1. The van der Waals surface area contributed by atoms with Crippen molar-refractivity contribution in [2.45, 2.75) is 32.8 Å². The third-order valence-electron chi connectivity index (χ3n) is 5.37. The van der Waals surface area contributed by atoms with E-state index in [1.54, 1.807) is 54.3 Å². The minimum Gasteiger partial charge on any atom is -0.479 e. The summed E-state index contributed by atoms with van der Waals surface area (Å²) in [5.74, 6) is -1.04. The lowest BCUT2D eigenvalue weighted by atomic mass is 10.1. The van der Waals surface area contributed by atoms with E-state index in [2.05, 4.69) is 5.32 Å². The van der Waals surface area contributed by atoms with Gasteiger partial charge in [-0.1, -0.05) is 25.5 Å². The monoisotopic (exact) mass is 421 g/mol. The second-order valence-electron chi connectivity index (χ2n) is 7.58. The number of rotatable bonds is 6. The summed E-state index contributed by atoms with van der Waals surface area (Å²) in [5.41, 5.74) is 1.64. The van der Waals surface area contributed by atoms with Gasteiger partial charge in [-0.15, -0.1) is 0 Å². The summed E-state index contributed by atoms with van der Waals surface area (Å²) < 4.78 is 5.68. The molecular formula is C23H23N3O5. The van der Waals surface area contributed by atoms with Gasteiger partial charge in [-0.3, -0.25) is 24.1 Å². The molecule has 2 aliphatic heterocycles. The Morgan fingerprint density at radius 1 is 1.03 bits per heavy atom. The number of imide groups is 1. The van der Waals surface area contributed by atoms with E-state index in [1.165, 1.54) is 0 Å². The summed E-state index contributed by atoms with van der Waals surface area (Å²) in [6, 6.07) is 11.5. The van der Waals surface area contributed by atoms with E-state index in [0.717, 1.165) is 17.7 Å². The number of nitrogens with one attached hydrogen (secondary N) is 1. The van der Waals surface area contributed by atoms with E-state index in [9.17, 15) is 19.2 Å². The van der Waals surface area contributed by atoms with Gasteiger partial charge < -0.3 is 15.0 Å². The molecule has 8 nitrogen and oxygen atoms in total. The highest BCUT2D eigenvalue weighted by molar-refractivity contribution is 6.22. The molecule has 0 saturated heterocycles. The molecular weight excluding hydrogens is 398 g/mol. The minimum atomic E-state index is -0.571. The molecule has 1 N–H and O–H groups in total. The fourth-order valence-electron chi connectivity index (χ4n) is 3.76. The number of fused-ring (bicyclic) bond motifs is 2. The van der Waals surface area contributed by atoms with E-state index in [-0.39, 0.29) is 5.91 Å². The van der Waals surface area contributed by atoms with Crippen molar-refractivity contribution in [3.05, 3.63) is 53.6 Å². The lowest BCUT2D eigenvalue weighted by Crippen LogP contribution is -2.45. The first kappa shape index (κ1) is 20.6. The Labute approximate surface area is 179 Å². The van der Waals surface area contributed by atoms with Crippen molar-refractivity contribution < 1.29 is 23.9 Å². The highest BCUT2D eigenvalue weighted by Gasteiger charge is 2.36. The molecule has 2 heterocycles. The van der Waals surface area contributed by atoms with E-state index in [4.69, 9.17) is 4.74 Å².